The fourth-order valence-electron chi connectivity index (χ4n) is 4.72. The number of piperidine rings is 1. The molecule has 10 nitrogen and oxygen atoms in total. The molecule has 2 fully saturated rings. The highest BCUT2D eigenvalue weighted by Crippen LogP contribution is 2.31. The Kier molecular flexibility index (Phi) is 4.48. The largest absolute Gasteiger partial charge is 0.346 e. The molecule has 2 aliphatic heterocycles. The van der Waals surface area contributed by atoms with Crippen molar-refractivity contribution in [3.8, 4) is 0 Å². The van der Waals surface area contributed by atoms with E-state index in [1.807, 2.05) is 21.7 Å². The van der Waals surface area contributed by atoms with Gasteiger partial charge in [0.25, 0.3) is 0 Å². The van der Waals surface area contributed by atoms with E-state index in [0.29, 0.717) is 44.8 Å². The van der Waals surface area contributed by atoms with Crippen LogP contribution in [0.1, 0.15) is 19.4 Å². The van der Waals surface area contributed by atoms with E-state index in [4.69, 9.17) is 0 Å². The van der Waals surface area contributed by atoms with Crippen LogP contribution >= 0.6 is 0 Å². The molecule has 3 amide bonds. The number of likely N-dealkylation sites (tertiary alicyclic amines) is 1. The molecule has 2 saturated heterocycles. The Bertz CT molecular complexity index is 1150. The molecule has 3 aromatic heterocycles. The Hall–Kier alpha value is -3.30. The second-order valence-corrected chi connectivity index (χ2v) is 8.25. The van der Waals surface area contributed by atoms with E-state index in [1.165, 1.54) is 0 Å². The Balaban J connectivity index is 1.46. The summed E-state index contributed by atoms with van der Waals surface area (Å²) < 4.78 is 1.81. The van der Waals surface area contributed by atoms with Gasteiger partial charge in [0.2, 0.25) is 6.41 Å². The van der Waals surface area contributed by atoms with Crippen molar-refractivity contribution >= 4 is 34.5 Å². The maximum Gasteiger partial charge on any atom is 0.326 e. The van der Waals surface area contributed by atoms with Crippen molar-refractivity contribution in [1.82, 2.24) is 34.2 Å². The lowest BCUT2D eigenvalue weighted by atomic mass is 9.93. The van der Waals surface area contributed by atoms with E-state index in [0.717, 1.165) is 29.4 Å². The number of nitrogens with zero attached hydrogens (tertiary/aromatic N) is 5. The van der Waals surface area contributed by atoms with Crippen LogP contribution in [0.5, 0.6) is 0 Å². The first-order valence-electron chi connectivity index (χ1n) is 10.4. The molecule has 0 spiro atoms. The number of rotatable bonds is 2. The molecule has 0 radical (unpaired) electrons. The predicted octanol–water partition coefficient (Wildman–Crippen LogP) is 0.983. The van der Waals surface area contributed by atoms with Crippen LogP contribution in [-0.4, -0.2) is 85.9 Å². The summed E-state index contributed by atoms with van der Waals surface area (Å²) in [6.07, 6.45) is 5.15. The van der Waals surface area contributed by atoms with Crippen molar-refractivity contribution in [2.24, 2.45) is 5.92 Å². The fraction of sp³-hybridized carbons (Fsp3) is 0.500. The molecule has 2 aliphatic rings. The normalized spacial score (nSPS) is 22.8. The van der Waals surface area contributed by atoms with Gasteiger partial charge in [-0.25, -0.2) is 14.6 Å². The van der Waals surface area contributed by atoms with Crippen LogP contribution in [0, 0.1) is 5.92 Å². The Morgan fingerprint density at radius 1 is 1.20 bits per heavy atom. The molecule has 2 N–H and O–H groups in total. The Labute approximate surface area is 172 Å². The second kappa shape index (κ2) is 7.19. The van der Waals surface area contributed by atoms with Gasteiger partial charge < -0.3 is 24.7 Å². The molecular formula is C20H25N7O3. The van der Waals surface area contributed by atoms with Gasteiger partial charge in [0.15, 0.2) is 0 Å². The maximum absolute atomic E-state index is 13.1. The highest BCUT2D eigenvalue weighted by atomic mass is 16.2. The van der Waals surface area contributed by atoms with E-state index < -0.39 is 0 Å². The molecule has 3 aromatic rings. The number of pyridine rings is 1. The van der Waals surface area contributed by atoms with Crippen molar-refractivity contribution in [1.29, 1.82) is 0 Å². The summed E-state index contributed by atoms with van der Waals surface area (Å²) in [7, 11) is 0. The molecule has 0 aliphatic carbocycles. The highest BCUT2D eigenvalue weighted by molar-refractivity contribution is 6.01. The number of hydrogen-bond donors (Lipinski definition) is 2. The van der Waals surface area contributed by atoms with E-state index in [-0.39, 0.29) is 23.7 Å². The highest BCUT2D eigenvalue weighted by Gasteiger charge is 2.34. The molecule has 5 heterocycles. The van der Waals surface area contributed by atoms with E-state index in [9.17, 15) is 14.4 Å². The van der Waals surface area contributed by atoms with Crippen molar-refractivity contribution in [2.45, 2.75) is 19.4 Å². The van der Waals surface area contributed by atoms with Gasteiger partial charge in [0.1, 0.15) is 5.65 Å². The first-order valence-corrected chi connectivity index (χ1v) is 10.4. The number of carbonyl (C=O) groups is 2. The Morgan fingerprint density at radius 2 is 2.00 bits per heavy atom. The first kappa shape index (κ1) is 18.7. The third kappa shape index (κ3) is 2.94. The summed E-state index contributed by atoms with van der Waals surface area (Å²) in [5.74, 6) is 0.250. The standard InChI is InChI=1S/C20H25N7O3/c1-13-3-5-26(20(30)25-8-6-24(12-28)7-9-25)11-16(13)27-17-14-2-4-21-18(14)22-10-15(17)23-19(27)29/h2,4,10,12-13,16H,3,5-9,11H2,1H3,(H,21,22)(H,23,29)/t13-,16+/m1/s1. The summed E-state index contributed by atoms with van der Waals surface area (Å²) >= 11 is 0. The van der Waals surface area contributed by atoms with Gasteiger partial charge in [-0.1, -0.05) is 6.92 Å². The van der Waals surface area contributed by atoms with Gasteiger partial charge in [-0.3, -0.25) is 9.36 Å². The predicted molar refractivity (Wildman–Crippen MR) is 111 cm³/mol. The third-order valence-electron chi connectivity index (χ3n) is 6.51. The lowest BCUT2D eigenvalue weighted by molar-refractivity contribution is -0.119. The number of fused-ring (bicyclic) bond motifs is 3. The zero-order valence-electron chi connectivity index (χ0n) is 16.9. The van der Waals surface area contributed by atoms with Crippen molar-refractivity contribution < 1.29 is 9.59 Å². The van der Waals surface area contributed by atoms with Crippen LogP contribution in [0.2, 0.25) is 0 Å². The average Bonchev–Trinajstić information content (AvgIpc) is 3.37. The van der Waals surface area contributed by atoms with Crippen molar-refractivity contribution in [2.75, 3.05) is 39.3 Å². The molecule has 10 heteroatoms. The number of H-pyrrole nitrogens is 2. The number of nitrogens with one attached hydrogen (secondary N) is 2. The minimum atomic E-state index is -0.175. The molecule has 0 aromatic carbocycles. The number of urea groups is 1. The minimum Gasteiger partial charge on any atom is -0.346 e. The van der Waals surface area contributed by atoms with Gasteiger partial charge in [0, 0.05) is 50.9 Å². The van der Waals surface area contributed by atoms with Crippen LogP contribution in [0.25, 0.3) is 22.1 Å². The number of piperazine rings is 1. The van der Waals surface area contributed by atoms with E-state index in [1.54, 1.807) is 16.0 Å². The molecular weight excluding hydrogens is 386 g/mol. The van der Waals surface area contributed by atoms with Crippen LogP contribution in [-0.2, 0) is 4.79 Å². The topological polar surface area (TPSA) is 110 Å². The molecule has 5 rings (SSSR count). The number of aromatic amines is 2. The molecule has 0 saturated carbocycles. The summed E-state index contributed by atoms with van der Waals surface area (Å²) in [5.41, 5.74) is 2.09. The molecule has 30 heavy (non-hydrogen) atoms. The number of amides is 3. The smallest absolute Gasteiger partial charge is 0.326 e. The summed E-state index contributed by atoms with van der Waals surface area (Å²) in [4.78, 5) is 52.7. The summed E-state index contributed by atoms with van der Waals surface area (Å²) in [5, 5.41) is 0.895. The van der Waals surface area contributed by atoms with Gasteiger partial charge in [-0.15, -0.1) is 0 Å². The number of aromatic nitrogens is 4. The molecule has 158 valence electrons. The van der Waals surface area contributed by atoms with Gasteiger partial charge in [0.05, 0.1) is 23.3 Å². The third-order valence-corrected chi connectivity index (χ3v) is 6.51. The van der Waals surface area contributed by atoms with Crippen molar-refractivity contribution in [3.63, 3.8) is 0 Å². The van der Waals surface area contributed by atoms with Gasteiger partial charge in [-0.05, 0) is 18.4 Å². The van der Waals surface area contributed by atoms with Gasteiger partial charge in [-0.2, -0.15) is 0 Å². The fourth-order valence-corrected chi connectivity index (χ4v) is 4.72. The minimum absolute atomic E-state index is 0.0150. The van der Waals surface area contributed by atoms with Crippen molar-refractivity contribution in [3.05, 3.63) is 28.9 Å². The lowest BCUT2D eigenvalue weighted by Gasteiger charge is -2.41. The summed E-state index contributed by atoms with van der Waals surface area (Å²) in [6, 6.07) is 1.79. The first-order chi connectivity index (χ1) is 14.6. The average molecular weight is 411 g/mol. The lowest BCUT2D eigenvalue weighted by Crippen LogP contribution is -2.55. The van der Waals surface area contributed by atoms with Crippen LogP contribution in [0.3, 0.4) is 0 Å². The Morgan fingerprint density at radius 3 is 2.77 bits per heavy atom. The van der Waals surface area contributed by atoms with E-state index >= 15 is 0 Å². The zero-order chi connectivity index (χ0) is 20.8. The summed E-state index contributed by atoms with van der Waals surface area (Å²) in [6.45, 7) is 5.48. The number of imidazole rings is 1. The monoisotopic (exact) mass is 411 g/mol. The maximum atomic E-state index is 13.1. The van der Waals surface area contributed by atoms with E-state index in [2.05, 4.69) is 21.9 Å². The SMILES string of the molecule is C[C@@H]1CCN(C(=O)N2CCN(C=O)CC2)C[C@@H]1n1c(=O)[nH]c2cnc3[nH]ccc3c21. The molecule has 0 unspecified atom stereocenters. The quantitative estimate of drug-likeness (QED) is 0.613. The zero-order valence-corrected chi connectivity index (χ0v) is 16.9. The molecule has 2 atom stereocenters. The number of carbonyl (C=O) groups excluding carboxylic acids is 2. The number of hydrogen-bond acceptors (Lipinski definition) is 4. The van der Waals surface area contributed by atoms with Crippen LogP contribution in [0.15, 0.2) is 23.3 Å². The van der Waals surface area contributed by atoms with Crippen LogP contribution < -0.4 is 5.69 Å². The second-order valence-electron chi connectivity index (χ2n) is 8.25. The van der Waals surface area contributed by atoms with Crippen LogP contribution in [0.4, 0.5) is 4.79 Å². The molecule has 0 bridgehead atoms. The van der Waals surface area contributed by atoms with Gasteiger partial charge >= 0.3 is 11.7 Å².